The molecule has 0 aliphatic carbocycles. The molecule has 0 aliphatic heterocycles. The van der Waals surface area contributed by atoms with Gasteiger partial charge in [0.25, 0.3) is 0 Å². The molecule has 0 amide bonds. The molecule has 0 saturated carbocycles. The number of ether oxygens (including phenoxy) is 1. The zero-order chi connectivity index (χ0) is 15.6. The predicted octanol–water partition coefficient (Wildman–Crippen LogP) is 3.02. The van der Waals surface area contributed by atoms with Crippen LogP contribution in [0.4, 0.5) is 0 Å². The largest absolute Gasteiger partial charge is 0.508 e. The lowest BCUT2D eigenvalue weighted by Gasteiger charge is -2.19. The number of phenolic OH excluding ortho intramolecular Hbond substituents is 2. The van der Waals surface area contributed by atoms with Crippen molar-refractivity contribution in [2.24, 2.45) is 0 Å². The fourth-order valence-corrected chi connectivity index (χ4v) is 2.35. The van der Waals surface area contributed by atoms with Crippen molar-refractivity contribution in [1.82, 2.24) is 0 Å². The molecule has 0 atom stereocenters. The number of benzene rings is 2. The lowest BCUT2D eigenvalue weighted by atomic mass is 9.88. The predicted molar refractivity (Wildman–Crippen MR) is 79.5 cm³/mol. The highest BCUT2D eigenvalue weighted by atomic mass is 16.5. The average Bonchev–Trinajstić information content (AvgIpc) is 2.46. The summed E-state index contributed by atoms with van der Waals surface area (Å²) in [5.74, 6) is -1.40. The number of phenols is 2. The van der Waals surface area contributed by atoms with Crippen LogP contribution in [0, 0.1) is 13.8 Å². The van der Waals surface area contributed by atoms with E-state index in [1.807, 2.05) is 13.8 Å². The Labute approximate surface area is 123 Å². The number of aryl methyl sites for hydroxylation is 2. The van der Waals surface area contributed by atoms with Crippen molar-refractivity contribution in [3.05, 3.63) is 58.7 Å². The summed E-state index contributed by atoms with van der Waals surface area (Å²) in [5, 5.41) is 20.2. The van der Waals surface area contributed by atoms with Gasteiger partial charge in [0.1, 0.15) is 17.4 Å². The van der Waals surface area contributed by atoms with E-state index < -0.39 is 11.9 Å². The Kier molecular flexibility index (Phi) is 4.17. The summed E-state index contributed by atoms with van der Waals surface area (Å²) in [6, 6.07) is 10.0. The van der Waals surface area contributed by atoms with Crippen LogP contribution in [0.15, 0.2) is 36.4 Å². The molecule has 0 aromatic heterocycles. The Hall–Kier alpha value is -2.49. The van der Waals surface area contributed by atoms with Crippen molar-refractivity contribution in [1.29, 1.82) is 0 Å². The molecule has 0 saturated heterocycles. The van der Waals surface area contributed by atoms with Crippen LogP contribution in [0.5, 0.6) is 11.5 Å². The molecule has 0 radical (unpaired) electrons. The van der Waals surface area contributed by atoms with Gasteiger partial charge in [-0.2, -0.15) is 0 Å². The number of carbonyl (C=O) groups is 1. The fraction of sp³-hybridized carbons (Fsp3) is 0.235. The summed E-state index contributed by atoms with van der Waals surface area (Å²) in [6.45, 7) is 3.74. The number of esters is 1. The molecule has 2 aromatic carbocycles. The van der Waals surface area contributed by atoms with Gasteiger partial charge in [-0.3, -0.25) is 4.79 Å². The first kappa shape index (κ1) is 14.9. The van der Waals surface area contributed by atoms with E-state index >= 15 is 0 Å². The quantitative estimate of drug-likeness (QED) is 0.851. The average molecular weight is 286 g/mol. The van der Waals surface area contributed by atoms with Crippen LogP contribution in [-0.4, -0.2) is 23.3 Å². The summed E-state index contributed by atoms with van der Waals surface area (Å²) in [7, 11) is 1.29. The monoisotopic (exact) mass is 286 g/mol. The van der Waals surface area contributed by atoms with Gasteiger partial charge in [0.05, 0.1) is 7.11 Å². The van der Waals surface area contributed by atoms with Gasteiger partial charge in [0, 0.05) is 11.1 Å². The molecule has 0 unspecified atom stereocenters. The summed E-state index contributed by atoms with van der Waals surface area (Å²) >= 11 is 0. The fourth-order valence-electron chi connectivity index (χ4n) is 2.35. The number of hydrogen-bond donors (Lipinski definition) is 2. The Morgan fingerprint density at radius 2 is 1.38 bits per heavy atom. The Morgan fingerprint density at radius 1 is 0.952 bits per heavy atom. The summed E-state index contributed by atoms with van der Waals surface area (Å²) in [6.07, 6.45) is 0. The maximum absolute atomic E-state index is 12.2. The van der Waals surface area contributed by atoms with Crippen molar-refractivity contribution in [2.45, 2.75) is 19.8 Å². The van der Waals surface area contributed by atoms with Gasteiger partial charge in [-0.05, 0) is 26.0 Å². The van der Waals surface area contributed by atoms with Crippen molar-refractivity contribution >= 4 is 5.97 Å². The molecular weight excluding hydrogens is 268 g/mol. The topological polar surface area (TPSA) is 66.8 Å². The van der Waals surface area contributed by atoms with Crippen LogP contribution in [-0.2, 0) is 9.53 Å². The zero-order valence-corrected chi connectivity index (χ0v) is 12.3. The molecule has 0 aliphatic rings. The summed E-state index contributed by atoms with van der Waals surface area (Å²) in [4.78, 5) is 12.2. The highest BCUT2D eigenvalue weighted by molar-refractivity contribution is 5.84. The lowest BCUT2D eigenvalue weighted by molar-refractivity contribution is -0.141. The van der Waals surface area contributed by atoms with Crippen LogP contribution in [0.2, 0.25) is 0 Å². The first-order valence-corrected chi connectivity index (χ1v) is 6.61. The third-order valence-electron chi connectivity index (χ3n) is 3.42. The third-order valence-corrected chi connectivity index (χ3v) is 3.42. The van der Waals surface area contributed by atoms with Gasteiger partial charge < -0.3 is 14.9 Å². The molecule has 21 heavy (non-hydrogen) atoms. The minimum atomic E-state index is -0.866. The van der Waals surface area contributed by atoms with E-state index in [2.05, 4.69) is 0 Å². The van der Waals surface area contributed by atoms with Gasteiger partial charge in [-0.1, -0.05) is 35.4 Å². The minimum absolute atomic E-state index is 0.00286. The van der Waals surface area contributed by atoms with E-state index in [1.165, 1.54) is 19.2 Å². The molecule has 0 fully saturated rings. The molecule has 4 nitrogen and oxygen atoms in total. The molecular formula is C17H18O4. The normalized spacial score (nSPS) is 10.7. The van der Waals surface area contributed by atoms with E-state index in [9.17, 15) is 15.0 Å². The standard InChI is InChI=1S/C17H18O4/c1-10-4-6-14(18)12(8-10)16(17(20)21-3)13-9-11(2)5-7-15(13)19/h4-9,16,18-19H,1-3H3. The van der Waals surface area contributed by atoms with Gasteiger partial charge >= 0.3 is 5.97 Å². The number of hydrogen-bond acceptors (Lipinski definition) is 4. The van der Waals surface area contributed by atoms with E-state index in [-0.39, 0.29) is 11.5 Å². The van der Waals surface area contributed by atoms with E-state index in [0.717, 1.165) is 11.1 Å². The van der Waals surface area contributed by atoms with E-state index in [0.29, 0.717) is 11.1 Å². The third kappa shape index (κ3) is 2.99. The molecule has 0 heterocycles. The maximum Gasteiger partial charge on any atom is 0.317 e. The molecule has 4 heteroatoms. The van der Waals surface area contributed by atoms with E-state index in [1.54, 1.807) is 24.3 Å². The second-order valence-corrected chi connectivity index (χ2v) is 5.08. The van der Waals surface area contributed by atoms with E-state index in [4.69, 9.17) is 4.74 Å². The van der Waals surface area contributed by atoms with Crippen LogP contribution in [0.1, 0.15) is 28.2 Å². The van der Waals surface area contributed by atoms with Crippen LogP contribution < -0.4 is 0 Å². The van der Waals surface area contributed by atoms with Crippen LogP contribution in [0.3, 0.4) is 0 Å². The maximum atomic E-state index is 12.2. The summed E-state index contributed by atoms with van der Waals surface area (Å²) < 4.78 is 4.85. The second kappa shape index (κ2) is 5.87. The first-order chi connectivity index (χ1) is 9.93. The lowest BCUT2D eigenvalue weighted by Crippen LogP contribution is -2.16. The summed E-state index contributed by atoms with van der Waals surface area (Å²) in [5.41, 5.74) is 2.65. The van der Waals surface area contributed by atoms with Gasteiger partial charge in [-0.15, -0.1) is 0 Å². The smallest absolute Gasteiger partial charge is 0.317 e. The molecule has 0 spiro atoms. The molecule has 2 aromatic rings. The number of methoxy groups -OCH3 is 1. The van der Waals surface area contributed by atoms with Crippen molar-refractivity contribution < 1.29 is 19.7 Å². The van der Waals surface area contributed by atoms with Crippen molar-refractivity contribution in [3.8, 4) is 11.5 Å². The van der Waals surface area contributed by atoms with Gasteiger partial charge in [0.2, 0.25) is 0 Å². The van der Waals surface area contributed by atoms with Crippen LogP contribution in [0.25, 0.3) is 0 Å². The number of aromatic hydroxyl groups is 2. The zero-order valence-electron chi connectivity index (χ0n) is 12.3. The molecule has 0 bridgehead atoms. The Morgan fingerprint density at radius 3 is 1.76 bits per heavy atom. The second-order valence-electron chi connectivity index (χ2n) is 5.08. The first-order valence-electron chi connectivity index (χ1n) is 6.61. The number of carbonyl (C=O) groups excluding carboxylic acids is 1. The molecule has 110 valence electrons. The Bertz CT molecular complexity index is 625. The molecule has 2 N–H and O–H groups in total. The highest BCUT2D eigenvalue weighted by Crippen LogP contribution is 2.37. The van der Waals surface area contributed by atoms with Crippen molar-refractivity contribution in [3.63, 3.8) is 0 Å². The van der Waals surface area contributed by atoms with Gasteiger partial charge in [0.15, 0.2) is 0 Å². The van der Waals surface area contributed by atoms with Crippen LogP contribution >= 0.6 is 0 Å². The molecule has 2 rings (SSSR count). The van der Waals surface area contributed by atoms with Crippen molar-refractivity contribution in [2.75, 3.05) is 7.11 Å². The van der Waals surface area contributed by atoms with Gasteiger partial charge in [-0.25, -0.2) is 0 Å². The Balaban J connectivity index is 2.66. The minimum Gasteiger partial charge on any atom is -0.508 e. The number of rotatable bonds is 3. The highest BCUT2D eigenvalue weighted by Gasteiger charge is 2.29. The SMILES string of the molecule is COC(=O)C(c1cc(C)ccc1O)c1cc(C)ccc1O.